The number of carboxylic acid groups (broad SMARTS) is 1. The summed E-state index contributed by atoms with van der Waals surface area (Å²) in [6.45, 7) is 0.166. The summed E-state index contributed by atoms with van der Waals surface area (Å²) in [6.07, 6.45) is 0.910. The minimum absolute atomic E-state index is 0. The second-order valence-electron chi connectivity index (χ2n) is 7.42. The van der Waals surface area contributed by atoms with E-state index in [0.717, 1.165) is 16.7 Å². The van der Waals surface area contributed by atoms with Crippen molar-refractivity contribution in [1.29, 1.82) is 0 Å². The maximum Gasteiger partial charge on any atom is 1.00 e. The Kier molecular flexibility index (Phi) is 11.2. The Balaban J connectivity index is 0.00000341. The number of carbonyl (C=O) groups is 2. The van der Waals surface area contributed by atoms with Gasteiger partial charge in [-0.25, -0.2) is 0 Å². The van der Waals surface area contributed by atoms with Gasteiger partial charge in [-0.2, -0.15) is 0 Å². The van der Waals surface area contributed by atoms with Gasteiger partial charge in [-0.05, 0) is 36.0 Å². The van der Waals surface area contributed by atoms with E-state index in [9.17, 15) is 14.7 Å². The van der Waals surface area contributed by atoms with E-state index < -0.39 is 17.8 Å². The smallest absolute Gasteiger partial charge is 0.550 e. The number of ether oxygens (including phenoxy) is 1. The second kappa shape index (κ2) is 13.6. The fraction of sp³-hybridized carbons (Fsp3) is 0.231. The Bertz CT molecular complexity index is 929. The van der Waals surface area contributed by atoms with Crippen LogP contribution < -0.4 is 56.5 Å². The number of aliphatic carboxylic acids is 1. The fourth-order valence-corrected chi connectivity index (χ4v) is 3.51. The maximum absolute atomic E-state index is 12.9. The van der Waals surface area contributed by atoms with Gasteiger partial charge in [0.1, 0.15) is 6.61 Å². The predicted molar refractivity (Wildman–Crippen MR) is 113 cm³/mol. The molecule has 0 aromatic heterocycles. The van der Waals surface area contributed by atoms with Crippen LogP contribution in [0.5, 0.6) is 0 Å². The summed E-state index contributed by atoms with van der Waals surface area (Å²) >= 11 is 0. The van der Waals surface area contributed by atoms with Gasteiger partial charge in [0, 0.05) is 11.9 Å². The Morgan fingerprint density at radius 1 is 0.677 bits per heavy atom. The summed E-state index contributed by atoms with van der Waals surface area (Å²) in [5.41, 5.74) is 2.77. The van der Waals surface area contributed by atoms with Gasteiger partial charge in [0.2, 0.25) is 0 Å². The zero-order chi connectivity index (χ0) is 21.2. The molecular weight excluding hydrogens is 415 g/mol. The molecule has 0 amide bonds. The van der Waals surface area contributed by atoms with E-state index in [-0.39, 0.29) is 70.4 Å². The van der Waals surface area contributed by atoms with Crippen LogP contribution in [0.3, 0.4) is 0 Å². The molecule has 0 spiro atoms. The van der Waals surface area contributed by atoms with Crippen molar-refractivity contribution in [2.45, 2.75) is 25.9 Å². The molecule has 0 fully saturated rings. The molecular formula is C26H25KO4. The zero-order valence-corrected chi connectivity index (χ0v) is 20.9. The first-order valence-electron chi connectivity index (χ1n) is 10.1. The molecule has 0 aliphatic heterocycles. The van der Waals surface area contributed by atoms with Crippen LogP contribution in [0.15, 0.2) is 91.0 Å². The van der Waals surface area contributed by atoms with Crippen molar-refractivity contribution >= 4 is 11.9 Å². The summed E-state index contributed by atoms with van der Waals surface area (Å²) in [4.78, 5) is 24.7. The van der Waals surface area contributed by atoms with Gasteiger partial charge in [-0.15, -0.1) is 0 Å². The van der Waals surface area contributed by atoms with E-state index in [1.807, 2.05) is 91.0 Å². The normalized spacial score (nSPS) is 12.3. The van der Waals surface area contributed by atoms with Crippen molar-refractivity contribution in [2.75, 3.05) is 0 Å². The van der Waals surface area contributed by atoms with Crippen LogP contribution in [0.25, 0.3) is 0 Å². The van der Waals surface area contributed by atoms with Crippen molar-refractivity contribution in [1.82, 2.24) is 0 Å². The number of carbonyl (C=O) groups excluding carboxylic acids is 2. The molecule has 5 heteroatoms. The Morgan fingerprint density at radius 3 is 1.55 bits per heavy atom. The van der Waals surface area contributed by atoms with Crippen molar-refractivity contribution in [3.63, 3.8) is 0 Å². The molecule has 4 nitrogen and oxygen atoms in total. The van der Waals surface area contributed by atoms with Crippen LogP contribution in [-0.2, 0) is 33.8 Å². The van der Waals surface area contributed by atoms with E-state index in [1.54, 1.807) is 0 Å². The Labute approximate surface area is 226 Å². The molecule has 0 saturated carbocycles. The van der Waals surface area contributed by atoms with E-state index in [1.165, 1.54) is 0 Å². The van der Waals surface area contributed by atoms with Crippen molar-refractivity contribution in [3.05, 3.63) is 108 Å². The molecule has 0 aliphatic rings. The van der Waals surface area contributed by atoms with E-state index in [0.29, 0.717) is 12.8 Å². The van der Waals surface area contributed by atoms with Crippen LogP contribution >= 0.6 is 0 Å². The molecule has 2 atom stereocenters. The molecule has 3 rings (SSSR count). The molecule has 3 aromatic rings. The largest absolute Gasteiger partial charge is 1.00 e. The molecule has 31 heavy (non-hydrogen) atoms. The third-order valence-corrected chi connectivity index (χ3v) is 5.11. The molecule has 0 heterocycles. The average Bonchev–Trinajstić information content (AvgIpc) is 2.78. The summed E-state index contributed by atoms with van der Waals surface area (Å²) in [7, 11) is 0. The standard InChI is InChI=1S/C26H26O4.K/c27-25(28)23(16-20-10-4-1-5-11-20)18-24(17-21-12-6-2-7-13-21)26(29)30-19-22-14-8-3-9-15-22;/h1-15,23-24H,16-19H2,(H,27,28);/q;+1/p-1. The SMILES string of the molecule is O=C([O-])C(Cc1ccccc1)CC(Cc1ccccc1)C(=O)OCc1ccccc1.[K+]. The number of hydrogen-bond acceptors (Lipinski definition) is 4. The molecule has 0 saturated heterocycles. The van der Waals surface area contributed by atoms with Gasteiger partial charge in [-0.3, -0.25) is 4.79 Å². The van der Waals surface area contributed by atoms with Crippen LogP contribution in [0, 0.1) is 11.8 Å². The molecule has 0 aliphatic carbocycles. The molecule has 154 valence electrons. The van der Waals surface area contributed by atoms with Gasteiger partial charge in [0.25, 0.3) is 0 Å². The van der Waals surface area contributed by atoms with Crippen molar-refractivity contribution in [3.8, 4) is 0 Å². The van der Waals surface area contributed by atoms with Crippen molar-refractivity contribution < 1.29 is 70.8 Å². The maximum atomic E-state index is 12.9. The quantitative estimate of drug-likeness (QED) is 0.342. The summed E-state index contributed by atoms with van der Waals surface area (Å²) in [6, 6.07) is 28.4. The van der Waals surface area contributed by atoms with Gasteiger partial charge < -0.3 is 14.6 Å². The Morgan fingerprint density at radius 2 is 1.10 bits per heavy atom. The Hall–Kier alpha value is -1.76. The second-order valence-corrected chi connectivity index (χ2v) is 7.42. The van der Waals surface area contributed by atoms with E-state index in [4.69, 9.17) is 4.74 Å². The minimum atomic E-state index is -1.15. The van der Waals surface area contributed by atoms with Gasteiger partial charge in [-0.1, -0.05) is 91.0 Å². The fourth-order valence-electron chi connectivity index (χ4n) is 3.51. The summed E-state index contributed by atoms with van der Waals surface area (Å²) < 4.78 is 5.54. The summed E-state index contributed by atoms with van der Waals surface area (Å²) in [5, 5.41) is 11.8. The third kappa shape index (κ3) is 8.71. The zero-order valence-electron chi connectivity index (χ0n) is 17.8. The molecule has 3 aromatic carbocycles. The summed E-state index contributed by atoms with van der Waals surface area (Å²) in [5.74, 6) is -2.87. The van der Waals surface area contributed by atoms with Crippen molar-refractivity contribution in [2.24, 2.45) is 11.8 Å². The molecule has 0 N–H and O–H groups in total. The van der Waals surface area contributed by atoms with Gasteiger partial charge in [0.05, 0.1) is 5.92 Å². The first kappa shape index (κ1) is 25.5. The predicted octanol–water partition coefficient (Wildman–Crippen LogP) is 0.592. The third-order valence-electron chi connectivity index (χ3n) is 5.11. The minimum Gasteiger partial charge on any atom is -0.550 e. The molecule has 2 unspecified atom stereocenters. The van der Waals surface area contributed by atoms with Crippen LogP contribution in [0.1, 0.15) is 23.1 Å². The van der Waals surface area contributed by atoms with Crippen LogP contribution in [0.4, 0.5) is 0 Å². The van der Waals surface area contributed by atoms with Gasteiger partial charge in [0.15, 0.2) is 0 Å². The molecule has 0 bridgehead atoms. The number of rotatable bonds is 10. The van der Waals surface area contributed by atoms with E-state index in [2.05, 4.69) is 0 Å². The molecule has 0 radical (unpaired) electrons. The number of esters is 1. The number of hydrogen-bond donors (Lipinski definition) is 0. The average molecular weight is 441 g/mol. The first-order valence-corrected chi connectivity index (χ1v) is 10.1. The number of benzene rings is 3. The van der Waals surface area contributed by atoms with E-state index >= 15 is 0 Å². The van der Waals surface area contributed by atoms with Crippen LogP contribution in [0.2, 0.25) is 0 Å². The van der Waals surface area contributed by atoms with Crippen LogP contribution in [-0.4, -0.2) is 11.9 Å². The monoisotopic (exact) mass is 440 g/mol. The number of carboxylic acids is 1. The van der Waals surface area contributed by atoms with Gasteiger partial charge >= 0.3 is 57.4 Å². The first-order chi connectivity index (χ1) is 14.6. The topological polar surface area (TPSA) is 66.4 Å².